The minimum atomic E-state index is -1.40. The number of para-hydroxylation sites is 1. The van der Waals surface area contributed by atoms with Crippen LogP contribution in [0.25, 0.3) is 17.0 Å². The number of ether oxygens (including phenoxy) is 1. The van der Waals surface area contributed by atoms with Gasteiger partial charge in [0.25, 0.3) is 0 Å². The monoisotopic (exact) mass is 321 g/mol. The van der Waals surface area contributed by atoms with Crippen molar-refractivity contribution in [3.63, 3.8) is 0 Å². The predicted molar refractivity (Wildman–Crippen MR) is 95.2 cm³/mol. The van der Waals surface area contributed by atoms with Crippen LogP contribution in [0, 0.1) is 11.5 Å². The fraction of sp³-hybridized carbons (Fsp3) is 0.222. The standard InChI is InChI=1S/C18H19N3OSi/c1-22-17-8-6-5-7-15(17)16-13-21-12-14(9-10-23(2,3)4)11-19-18(21)20-16/h5-8,11-13H,1-4H3. The molecule has 0 N–H and O–H groups in total. The van der Waals surface area contributed by atoms with Crippen LogP contribution in [0.1, 0.15) is 5.56 Å². The molecule has 3 aromatic rings. The molecule has 0 atom stereocenters. The number of aromatic nitrogens is 3. The van der Waals surface area contributed by atoms with Gasteiger partial charge in [-0.2, -0.15) is 0 Å². The number of methoxy groups -OCH3 is 1. The van der Waals surface area contributed by atoms with Crippen LogP contribution in [0.4, 0.5) is 0 Å². The van der Waals surface area contributed by atoms with E-state index in [2.05, 4.69) is 41.1 Å². The average molecular weight is 321 g/mol. The summed E-state index contributed by atoms with van der Waals surface area (Å²) in [4.78, 5) is 8.98. The van der Waals surface area contributed by atoms with Crippen molar-refractivity contribution in [2.75, 3.05) is 7.11 Å². The molecule has 0 aliphatic rings. The van der Waals surface area contributed by atoms with Crippen LogP contribution in [0.2, 0.25) is 19.6 Å². The van der Waals surface area contributed by atoms with E-state index in [9.17, 15) is 0 Å². The van der Waals surface area contributed by atoms with Gasteiger partial charge in [-0.3, -0.25) is 4.40 Å². The van der Waals surface area contributed by atoms with Gasteiger partial charge in [-0.15, -0.1) is 5.54 Å². The number of imidazole rings is 1. The van der Waals surface area contributed by atoms with E-state index in [4.69, 9.17) is 4.74 Å². The van der Waals surface area contributed by atoms with Gasteiger partial charge in [-0.1, -0.05) is 37.7 Å². The second-order valence-electron chi connectivity index (χ2n) is 6.38. The predicted octanol–water partition coefficient (Wildman–Crippen LogP) is 3.63. The van der Waals surface area contributed by atoms with Gasteiger partial charge in [0.2, 0.25) is 5.78 Å². The zero-order chi connectivity index (χ0) is 16.4. The smallest absolute Gasteiger partial charge is 0.234 e. The zero-order valence-corrected chi connectivity index (χ0v) is 14.8. The molecule has 0 saturated carbocycles. The molecule has 0 aliphatic heterocycles. The number of benzene rings is 1. The maximum atomic E-state index is 5.41. The Bertz CT molecular complexity index is 913. The molecular weight excluding hydrogens is 302 g/mol. The zero-order valence-electron chi connectivity index (χ0n) is 13.8. The molecule has 0 amide bonds. The van der Waals surface area contributed by atoms with Crippen molar-refractivity contribution < 1.29 is 4.74 Å². The molecule has 3 rings (SSSR count). The Balaban J connectivity index is 2.04. The fourth-order valence-corrected chi connectivity index (χ4v) is 2.71. The average Bonchev–Trinajstić information content (AvgIpc) is 2.95. The van der Waals surface area contributed by atoms with Crippen LogP contribution >= 0.6 is 0 Å². The molecule has 2 aromatic heterocycles. The van der Waals surface area contributed by atoms with E-state index in [1.165, 1.54) is 0 Å². The third-order valence-corrected chi connectivity index (χ3v) is 4.15. The SMILES string of the molecule is COc1ccccc1-c1cn2cc(C#C[Si](C)(C)C)cnc2n1. The molecule has 0 unspecified atom stereocenters. The lowest BCUT2D eigenvalue weighted by molar-refractivity contribution is 0.416. The number of rotatable bonds is 2. The van der Waals surface area contributed by atoms with Crippen LogP contribution in [0.15, 0.2) is 42.9 Å². The molecule has 0 radical (unpaired) electrons. The summed E-state index contributed by atoms with van der Waals surface area (Å²) in [5, 5.41) is 0. The lowest BCUT2D eigenvalue weighted by Crippen LogP contribution is -2.16. The van der Waals surface area contributed by atoms with Crippen molar-refractivity contribution in [2.24, 2.45) is 0 Å². The molecule has 0 saturated heterocycles. The first-order chi connectivity index (χ1) is 11.0. The first-order valence-electron chi connectivity index (χ1n) is 7.47. The van der Waals surface area contributed by atoms with E-state index >= 15 is 0 Å². The minimum absolute atomic E-state index is 0.657. The van der Waals surface area contributed by atoms with Crippen LogP contribution in [-0.4, -0.2) is 29.6 Å². The van der Waals surface area contributed by atoms with Crippen molar-refractivity contribution in [3.05, 3.63) is 48.4 Å². The Labute approximate surface area is 137 Å². The number of hydrogen-bond donors (Lipinski definition) is 0. The van der Waals surface area contributed by atoms with Gasteiger partial charge >= 0.3 is 0 Å². The molecule has 23 heavy (non-hydrogen) atoms. The van der Waals surface area contributed by atoms with Crippen LogP contribution < -0.4 is 4.74 Å². The first-order valence-corrected chi connectivity index (χ1v) is 11.0. The molecule has 116 valence electrons. The van der Waals surface area contributed by atoms with E-state index in [-0.39, 0.29) is 0 Å². The van der Waals surface area contributed by atoms with Crippen LogP contribution in [0.3, 0.4) is 0 Å². The Morgan fingerprint density at radius 2 is 1.91 bits per heavy atom. The summed E-state index contributed by atoms with van der Waals surface area (Å²) in [5.41, 5.74) is 6.05. The Kier molecular flexibility index (Phi) is 3.93. The number of nitrogens with zero attached hydrogens (tertiary/aromatic N) is 3. The maximum absolute atomic E-state index is 5.41. The maximum Gasteiger partial charge on any atom is 0.234 e. The second-order valence-corrected chi connectivity index (χ2v) is 11.1. The molecule has 0 spiro atoms. The molecule has 0 fully saturated rings. The molecule has 0 aliphatic carbocycles. The van der Waals surface area contributed by atoms with Gasteiger partial charge in [-0.25, -0.2) is 9.97 Å². The normalized spacial score (nSPS) is 11.1. The summed E-state index contributed by atoms with van der Waals surface area (Å²) in [5.74, 6) is 4.68. The van der Waals surface area contributed by atoms with Gasteiger partial charge in [0.1, 0.15) is 13.8 Å². The summed E-state index contributed by atoms with van der Waals surface area (Å²) in [6.45, 7) is 6.68. The molecule has 1 aromatic carbocycles. The van der Waals surface area contributed by atoms with Crippen molar-refractivity contribution >= 4 is 13.9 Å². The van der Waals surface area contributed by atoms with Gasteiger partial charge < -0.3 is 4.74 Å². The van der Waals surface area contributed by atoms with Crippen molar-refractivity contribution in [3.8, 4) is 28.5 Å². The summed E-state index contributed by atoms with van der Waals surface area (Å²) in [6.07, 6.45) is 5.71. The highest BCUT2D eigenvalue weighted by atomic mass is 28.3. The first kappa shape index (κ1) is 15.3. The number of fused-ring (bicyclic) bond motifs is 1. The van der Waals surface area contributed by atoms with E-state index < -0.39 is 8.07 Å². The van der Waals surface area contributed by atoms with Crippen molar-refractivity contribution in [1.29, 1.82) is 0 Å². The molecule has 4 nitrogen and oxygen atoms in total. The minimum Gasteiger partial charge on any atom is -0.496 e. The summed E-state index contributed by atoms with van der Waals surface area (Å²) in [7, 11) is 0.266. The highest BCUT2D eigenvalue weighted by Crippen LogP contribution is 2.28. The summed E-state index contributed by atoms with van der Waals surface area (Å²) in [6, 6.07) is 7.84. The largest absolute Gasteiger partial charge is 0.496 e. The van der Waals surface area contributed by atoms with E-state index in [0.717, 1.165) is 22.6 Å². The topological polar surface area (TPSA) is 39.4 Å². The summed E-state index contributed by atoms with van der Waals surface area (Å²) < 4.78 is 7.32. The van der Waals surface area contributed by atoms with Crippen molar-refractivity contribution in [1.82, 2.24) is 14.4 Å². The van der Waals surface area contributed by atoms with E-state index in [1.54, 1.807) is 13.3 Å². The highest BCUT2D eigenvalue weighted by molar-refractivity contribution is 6.83. The molecule has 0 bridgehead atoms. The van der Waals surface area contributed by atoms with Crippen LogP contribution in [0.5, 0.6) is 5.75 Å². The van der Waals surface area contributed by atoms with Crippen LogP contribution in [-0.2, 0) is 0 Å². The lowest BCUT2D eigenvalue weighted by Gasteiger charge is -2.04. The van der Waals surface area contributed by atoms with E-state index in [0.29, 0.717) is 5.78 Å². The Morgan fingerprint density at radius 1 is 1.13 bits per heavy atom. The van der Waals surface area contributed by atoms with Gasteiger partial charge in [0, 0.05) is 24.2 Å². The quantitative estimate of drug-likeness (QED) is 0.534. The summed E-state index contributed by atoms with van der Waals surface area (Å²) >= 11 is 0. The highest BCUT2D eigenvalue weighted by Gasteiger charge is 2.10. The van der Waals surface area contributed by atoms with Gasteiger partial charge in [0.15, 0.2) is 0 Å². The van der Waals surface area contributed by atoms with Crippen molar-refractivity contribution in [2.45, 2.75) is 19.6 Å². The Morgan fingerprint density at radius 3 is 2.65 bits per heavy atom. The Hall–Kier alpha value is -2.58. The van der Waals surface area contributed by atoms with Gasteiger partial charge in [-0.05, 0) is 12.1 Å². The molecule has 5 heteroatoms. The molecule has 2 heterocycles. The van der Waals surface area contributed by atoms with E-state index in [1.807, 2.05) is 41.1 Å². The number of hydrogen-bond acceptors (Lipinski definition) is 3. The molecular formula is C18H19N3OSi. The second kappa shape index (κ2) is 5.90. The lowest BCUT2D eigenvalue weighted by atomic mass is 10.1. The third kappa shape index (κ3) is 3.43. The fourth-order valence-electron chi connectivity index (χ4n) is 2.20. The third-order valence-electron chi connectivity index (χ3n) is 3.27. The van der Waals surface area contributed by atoms with Gasteiger partial charge in [0.05, 0.1) is 18.4 Å².